The molecule has 0 fully saturated rings. The van der Waals surface area contributed by atoms with Crippen molar-refractivity contribution in [1.29, 1.82) is 0 Å². The summed E-state index contributed by atoms with van der Waals surface area (Å²) in [6.45, 7) is 1.75. The topological polar surface area (TPSA) is 137 Å². The lowest BCUT2D eigenvalue weighted by Gasteiger charge is -2.21. The number of anilines is 1. The number of rotatable bonds is 7. The van der Waals surface area contributed by atoms with E-state index in [0.717, 1.165) is 6.26 Å². The van der Waals surface area contributed by atoms with Crippen molar-refractivity contribution in [3.8, 4) is 16.9 Å². The van der Waals surface area contributed by atoms with Gasteiger partial charge in [0, 0.05) is 23.2 Å². The molecule has 3 aromatic carbocycles. The fourth-order valence-electron chi connectivity index (χ4n) is 4.67. The van der Waals surface area contributed by atoms with Crippen LogP contribution in [-0.4, -0.2) is 35.1 Å². The number of hydrogen-bond acceptors (Lipinski definition) is 7. The Kier molecular flexibility index (Phi) is 7.61. The number of nitrogens with one attached hydrogen (secondary N) is 1. The summed E-state index contributed by atoms with van der Waals surface area (Å²) in [4.78, 5) is 35.8. The van der Waals surface area contributed by atoms with Gasteiger partial charge in [-0.15, -0.1) is 0 Å². The summed E-state index contributed by atoms with van der Waals surface area (Å²) in [7, 11) is -3.24. The number of sulfone groups is 1. The maximum Gasteiger partial charge on any atom is 0.274 e. The van der Waals surface area contributed by atoms with Crippen molar-refractivity contribution in [3.63, 3.8) is 0 Å². The van der Waals surface area contributed by atoms with Gasteiger partial charge in [-0.2, -0.15) is 0 Å². The van der Waals surface area contributed by atoms with Gasteiger partial charge in [-0.3, -0.25) is 14.2 Å². The minimum absolute atomic E-state index is 0.0727. The van der Waals surface area contributed by atoms with Crippen molar-refractivity contribution in [1.82, 2.24) is 19.9 Å². The molecular formula is C30H26ClN5O4S. The molecule has 0 spiro atoms. The summed E-state index contributed by atoms with van der Waals surface area (Å²) in [5.41, 5.74) is 8.31. The zero-order chi connectivity index (χ0) is 29.3. The van der Waals surface area contributed by atoms with E-state index in [1.807, 2.05) is 24.3 Å². The number of amides is 1. The van der Waals surface area contributed by atoms with Crippen LogP contribution in [0.25, 0.3) is 27.7 Å². The van der Waals surface area contributed by atoms with Crippen LogP contribution in [0.2, 0.25) is 5.02 Å². The third kappa shape index (κ3) is 5.98. The number of nitrogens with zero attached hydrogens (tertiary/aromatic N) is 3. The van der Waals surface area contributed by atoms with Gasteiger partial charge >= 0.3 is 0 Å². The molecule has 3 N–H and O–H groups in total. The minimum Gasteiger partial charge on any atom is -0.382 e. The smallest absolute Gasteiger partial charge is 0.274 e. The SMILES string of the molecule is C[C@H](NC(=O)c1nc(-c2cccc(CS(C)(=O)=O)c2)cnc1N)c1cc2cccc(Cl)c2c(=O)n1-c1ccccc1. The molecule has 0 aliphatic heterocycles. The zero-order valence-electron chi connectivity index (χ0n) is 22.2. The van der Waals surface area contributed by atoms with Crippen LogP contribution in [-0.2, 0) is 15.6 Å². The van der Waals surface area contributed by atoms with E-state index in [4.69, 9.17) is 17.3 Å². The second-order valence-electron chi connectivity index (χ2n) is 9.70. The molecule has 0 unspecified atom stereocenters. The molecule has 9 nitrogen and oxygen atoms in total. The maximum atomic E-state index is 13.7. The average molecular weight is 588 g/mol. The number of pyridine rings is 1. The van der Waals surface area contributed by atoms with Gasteiger partial charge in [-0.25, -0.2) is 18.4 Å². The Balaban J connectivity index is 1.52. The van der Waals surface area contributed by atoms with Crippen molar-refractivity contribution in [2.45, 2.75) is 18.7 Å². The number of aromatic nitrogens is 3. The summed E-state index contributed by atoms with van der Waals surface area (Å²) in [6, 6.07) is 22.3. The standard InChI is InChI=1S/C30H26ClN5O4S/c1-18(25-15-21-10-7-13-23(31)26(21)30(38)36(25)22-11-4-3-5-12-22)34-29(37)27-28(32)33-16-24(35-27)20-9-6-8-19(14-20)17-41(2,39)40/h3-16,18H,17H2,1-2H3,(H2,32,33)(H,34,37)/t18-/m0/s1. The first-order valence-electron chi connectivity index (χ1n) is 12.6. The predicted octanol–water partition coefficient (Wildman–Crippen LogP) is 4.72. The van der Waals surface area contributed by atoms with E-state index in [2.05, 4.69) is 15.3 Å². The van der Waals surface area contributed by atoms with Gasteiger partial charge in [0.15, 0.2) is 21.3 Å². The Morgan fingerprint density at radius 3 is 2.51 bits per heavy atom. The second-order valence-corrected chi connectivity index (χ2v) is 12.3. The van der Waals surface area contributed by atoms with E-state index >= 15 is 0 Å². The molecule has 0 aliphatic rings. The summed E-state index contributed by atoms with van der Waals surface area (Å²) in [5.74, 6) is -0.792. The van der Waals surface area contributed by atoms with Crippen LogP contribution < -0.4 is 16.6 Å². The summed E-state index contributed by atoms with van der Waals surface area (Å²) < 4.78 is 25.0. The molecule has 41 heavy (non-hydrogen) atoms. The van der Waals surface area contributed by atoms with Crippen molar-refractivity contribution in [3.05, 3.63) is 117 Å². The van der Waals surface area contributed by atoms with Gasteiger partial charge < -0.3 is 11.1 Å². The van der Waals surface area contributed by atoms with E-state index in [-0.39, 0.29) is 22.8 Å². The Morgan fingerprint density at radius 1 is 1.05 bits per heavy atom. The zero-order valence-corrected chi connectivity index (χ0v) is 23.8. The van der Waals surface area contributed by atoms with Crippen LogP contribution in [0.3, 0.4) is 0 Å². The Labute approximate surface area is 241 Å². The van der Waals surface area contributed by atoms with Gasteiger partial charge in [0.2, 0.25) is 0 Å². The fourth-order valence-corrected chi connectivity index (χ4v) is 5.72. The highest BCUT2D eigenvalue weighted by Gasteiger charge is 2.22. The van der Waals surface area contributed by atoms with Gasteiger partial charge in [0.1, 0.15) is 0 Å². The van der Waals surface area contributed by atoms with E-state index in [1.54, 1.807) is 61.5 Å². The number of para-hydroxylation sites is 1. The molecule has 1 atom stereocenters. The van der Waals surface area contributed by atoms with Crippen molar-refractivity contribution >= 4 is 43.9 Å². The van der Waals surface area contributed by atoms with Crippen LogP contribution in [0.15, 0.2) is 89.9 Å². The van der Waals surface area contributed by atoms with E-state index in [9.17, 15) is 18.0 Å². The number of benzene rings is 3. The lowest BCUT2D eigenvalue weighted by molar-refractivity contribution is 0.0934. The molecule has 0 saturated heterocycles. The number of hydrogen-bond donors (Lipinski definition) is 2. The summed E-state index contributed by atoms with van der Waals surface area (Å²) in [6.07, 6.45) is 2.59. The molecule has 11 heteroatoms. The molecule has 0 bridgehead atoms. The molecule has 5 rings (SSSR count). The average Bonchev–Trinajstić information content (AvgIpc) is 2.92. The third-order valence-corrected chi connectivity index (χ3v) is 7.67. The van der Waals surface area contributed by atoms with E-state index in [1.165, 1.54) is 10.8 Å². The lowest BCUT2D eigenvalue weighted by Crippen LogP contribution is -2.33. The second kappa shape index (κ2) is 11.1. The van der Waals surface area contributed by atoms with Gasteiger partial charge in [-0.1, -0.05) is 60.1 Å². The van der Waals surface area contributed by atoms with E-state index in [0.29, 0.717) is 44.0 Å². The first-order chi connectivity index (χ1) is 19.5. The van der Waals surface area contributed by atoms with Crippen molar-refractivity contribution in [2.24, 2.45) is 0 Å². The van der Waals surface area contributed by atoms with Crippen LogP contribution in [0.4, 0.5) is 5.82 Å². The molecule has 0 saturated carbocycles. The number of halogens is 1. The molecule has 0 radical (unpaired) electrons. The number of nitrogens with two attached hydrogens (primary N) is 1. The number of fused-ring (bicyclic) bond motifs is 1. The fraction of sp³-hybridized carbons (Fsp3) is 0.133. The third-order valence-electron chi connectivity index (χ3n) is 6.50. The lowest BCUT2D eigenvalue weighted by atomic mass is 10.1. The predicted molar refractivity (Wildman–Crippen MR) is 161 cm³/mol. The Hall–Kier alpha value is -4.54. The minimum atomic E-state index is -3.24. The Bertz CT molecular complexity index is 1960. The van der Waals surface area contributed by atoms with Crippen molar-refractivity contribution in [2.75, 3.05) is 12.0 Å². The molecule has 1 amide bonds. The summed E-state index contributed by atoms with van der Waals surface area (Å²) in [5, 5.41) is 4.25. The summed E-state index contributed by atoms with van der Waals surface area (Å²) >= 11 is 6.40. The maximum absolute atomic E-state index is 13.7. The van der Waals surface area contributed by atoms with Crippen LogP contribution in [0, 0.1) is 0 Å². The van der Waals surface area contributed by atoms with Crippen molar-refractivity contribution < 1.29 is 13.2 Å². The number of nitrogen functional groups attached to an aromatic ring is 1. The Morgan fingerprint density at radius 2 is 1.78 bits per heavy atom. The molecular weight excluding hydrogens is 562 g/mol. The molecule has 2 heterocycles. The van der Waals surface area contributed by atoms with Gasteiger partial charge in [0.05, 0.1) is 34.1 Å². The molecule has 208 valence electrons. The molecule has 5 aromatic rings. The van der Waals surface area contributed by atoms with Crippen LogP contribution in [0.1, 0.15) is 34.7 Å². The normalized spacial score (nSPS) is 12.3. The first kappa shape index (κ1) is 28.0. The highest BCUT2D eigenvalue weighted by Crippen LogP contribution is 2.26. The molecule has 2 aromatic heterocycles. The van der Waals surface area contributed by atoms with E-state index < -0.39 is 21.8 Å². The quantitative estimate of drug-likeness (QED) is 0.281. The number of carbonyl (C=O) groups is 1. The van der Waals surface area contributed by atoms with Crippen LogP contribution in [0.5, 0.6) is 0 Å². The largest absolute Gasteiger partial charge is 0.382 e. The first-order valence-corrected chi connectivity index (χ1v) is 15.1. The van der Waals surface area contributed by atoms with Gasteiger partial charge in [-0.05, 0) is 48.2 Å². The molecule has 0 aliphatic carbocycles. The van der Waals surface area contributed by atoms with Gasteiger partial charge in [0.25, 0.3) is 11.5 Å². The number of carbonyl (C=O) groups excluding carboxylic acids is 1. The highest BCUT2D eigenvalue weighted by atomic mass is 35.5. The monoisotopic (exact) mass is 587 g/mol. The highest BCUT2D eigenvalue weighted by molar-refractivity contribution is 7.89. The van der Waals surface area contributed by atoms with Crippen LogP contribution >= 0.6 is 11.6 Å².